The van der Waals surface area contributed by atoms with Gasteiger partial charge in [0.1, 0.15) is 0 Å². The Morgan fingerprint density at radius 2 is 2.17 bits per heavy atom. The summed E-state index contributed by atoms with van der Waals surface area (Å²) in [6.45, 7) is 4.32. The van der Waals surface area contributed by atoms with Crippen molar-refractivity contribution in [2.45, 2.75) is 26.3 Å². The lowest BCUT2D eigenvalue weighted by Gasteiger charge is -2.27. The zero-order valence-electron chi connectivity index (χ0n) is 11.0. The summed E-state index contributed by atoms with van der Waals surface area (Å²) in [6.07, 6.45) is 5.10. The Kier molecular flexibility index (Phi) is 4.07. The highest BCUT2D eigenvalue weighted by atomic mass is 35.5. The molecule has 1 heterocycles. The van der Waals surface area contributed by atoms with Gasteiger partial charge in [-0.15, -0.1) is 0 Å². The molecule has 1 aromatic heterocycles. The van der Waals surface area contributed by atoms with E-state index in [9.17, 15) is 0 Å². The van der Waals surface area contributed by atoms with Crippen molar-refractivity contribution in [2.75, 3.05) is 11.9 Å². The van der Waals surface area contributed by atoms with Crippen LogP contribution in [0, 0.1) is 6.42 Å². The van der Waals surface area contributed by atoms with Gasteiger partial charge in [0, 0.05) is 35.4 Å². The summed E-state index contributed by atoms with van der Waals surface area (Å²) < 4.78 is 0. The molecule has 0 spiro atoms. The zero-order chi connectivity index (χ0) is 13.1. The third kappa shape index (κ3) is 2.59. The van der Waals surface area contributed by atoms with Gasteiger partial charge < -0.3 is 4.90 Å². The van der Waals surface area contributed by atoms with Gasteiger partial charge in [-0.2, -0.15) is 0 Å². The van der Waals surface area contributed by atoms with Crippen LogP contribution in [0.1, 0.15) is 20.3 Å². The summed E-state index contributed by atoms with van der Waals surface area (Å²) in [4.78, 5) is 6.66. The molecule has 2 rings (SSSR count). The Balaban J connectivity index is 2.44. The highest BCUT2D eigenvalue weighted by Gasteiger charge is 2.12. The van der Waals surface area contributed by atoms with E-state index < -0.39 is 0 Å². The van der Waals surface area contributed by atoms with Crippen molar-refractivity contribution >= 4 is 28.2 Å². The topological polar surface area (TPSA) is 16.1 Å². The zero-order valence-corrected chi connectivity index (χ0v) is 11.8. The van der Waals surface area contributed by atoms with Crippen LogP contribution in [0.3, 0.4) is 0 Å². The fraction of sp³-hybridized carbons (Fsp3) is 0.333. The van der Waals surface area contributed by atoms with Gasteiger partial charge in [0.25, 0.3) is 0 Å². The minimum absolute atomic E-state index is 0.469. The smallest absolute Gasteiger partial charge is 0.0737 e. The molecule has 0 N–H and O–H groups in total. The highest BCUT2D eigenvalue weighted by molar-refractivity contribution is 6.31. The molecule has 0 saturated carbocycles. The van der Waals surface area contributed by atoms with E-state index in [2.05, 4.69) is 43.3 Å². The van der Waals surface area contributed by atoms with Crippen molar-refractivity contribution in [1.29, 1.82) is 0 Å². The number of anilines is 1. The number of hydrogen-bond donors (Lipinski definition) is 0. The van der Waals surface area contributed by atoms with E-state index in [1.165, 1.54) is 5.69 Å². The average Bonchev–Trinajstić information content (AvgIpc) is 2.37. The Hall–Kier alpha value is -1.28. The van der Waals surface area contributed by atoms with E-state index >= 15 is 0 Å². The lowest BCUT2D eigenvalue weighted by molar-refractivity contribution is 0.676. The van der Waals surface area contributed by atoms with E-state index in [4.69, 9.17) is 11.6 Å². The van der Waals surface area contributed by atoms with Crippen LogP contribution in [0.4, 0.5) is 5.69 Å². The minimum atomic E-state index is 0.469. The van der Waals surface area contributed by atoms with E-state index in [1.807, 2.05) is 24.4 Å². The number of pyridine rings is 1. The molecule has 1 aromatic carbocycles. The third-order valence-corrected chi connectivity index (χ3v) is 3.53. The van der Waals surface area contributed by atoms with Crippen molar-refractivity contribution in [3.05, 3.63) is 41.9 Å². The summed E-state index contributed by atoms with van der Waals surface area (Å²) >= 11 is 6.00. The lowest BCUT2D eigenvalue weighted by atomic mass is 10.1. The van der Waals surface area contributed by atoms with Crippen LogP contribution in [0.5, 0.6) is 0 Å². The molecule has 18 heavy (non-hydrogen) atoms. The molecule has 2 aromatic rings. The minimum Gasteiger partial charge on any atom is -0.371 e. The summed E-state index contributed by atoms with van der Waals surface area (Å²) in [5.74, 6) is 0. The van der Waals surface area contributed by atoms with Crippen molar-refractivity contribution in [3.63, 3.8) is 0 Å². The molecule has 3 heteroatoms. The predicted molar refractivity (Wildman–Crippen MR) is 79.2 cm³/mol. The van der Waals surface area contributed by atoms with Crippen molar-refractivity contribution in [2.24, 2.45) is 0 Å². The number of benzene rings is 1. The Morgan fingerprint density at radius 1 is 1.39 bits per heavy atom. The second kappa shape index (κ2) is 5.57. The van der Waals surface area contributed by atoms with Gasteiger partial charge in [-0.3, -0.25) is 4.98 Å². The van der Waals surface area contributed by atoms with Crippen molar-refractivity contribution in [3.8, 4) is 0 Å². The number of halogens is 1. The number of aromatic nitrogens is 1. The average molecular weight is 262 g/mol. The van der Waals surface area contributed by atoms with Gasteiger partial charge in [0.15, 0.2) is 0 Å². The van der Waals surface area contributed by atoms with Crippen LogP contribution >= 0.6 is 11.6 Å². The molecule has 0 amide bonds. The first-order chi connectivity index (χ1) is 8.63. The molecule has 0 aliphatic carbocycles. The van der Waals surface area contributed by atoms with E-state index in [1.54, 1.807) is 0 Å². The standard InChI is InChI=1S/C15H18ClN2/c1-4-5-11(2)18(3)15-8-9-17-14-10-12(16)6-7-13(14)15/h4,6-11H,5H2,1-3H3. The summed E-state index contributed by atoms with van der Waals surface area (Å²) in [7, 11) is 2.12. The Labute approximate surface area is 114 Å². The van der Waals surface area contributed by atoms with Gasteiger partial charge in [-0.25, -0.2) is 0 Å². The number of fused-ring (bicyclic) bond motifs is 1. The summed E-state index contributed by atoms with van der Waals surface area (Å²) in [5.41, 5.74) is 2.14. The molecular formula is C15H18ClN2. The predicted octanol–water partition coefficient (Wildman–Crippen LogP) is 4.33. The number of rotatable bonds is 4. The van der Waals surface area contributed by atoms with Crippen LogP contribution in [-0.4, -0.2) is 18.1 Å². The van der Waals surface area contributed by atoms with Gasteiger partial charge in [0.2, 0.25) is 0 Å². The SMILES string of the molecule is C[CH]CC(C)N(C)c1ccnc2cc(Cl)ccc12. The maximum absolute atomic E-state index is 6.00. The molecule has 0 bridgehead atoms. The lowest BCUT2D eigenvalue weighted by Crippen LogP contribution is -2.28. The van der Waals surface area contributed by atoms with E-state index in [0.717, 1.165) is 22.3 Å². The van der Waals surface area contributed by atoms with Crippen LogP contribution in [0.25, 0.3) is 10.9 Å². The molecule has 0 aliphatic heterocycles. The number of hydrogen-bond acceptors (Lipinski definition) is 2. The van der Waals surface area contributed by atoms with Crippen LogP contribution in [-0.2, 0) is 0 Å². The molecule has 1 atom stereocenters. The van der Waals surface area contributed by atoms with Crippen LogP contribution in [0.15, 0.2) is 30.5 Å². The summed E-state index contributed by atoms with van der Waals surface area (Å²) in [5, 5.41) is 1.87. The Morgan fingerprint density at radius 3 is 2.89 bits per heavy atom. The molecule has 1 unspecified atom stereocenters. The maximum atomic E-state index is 6.00. The van der Waals surface area contributed by atoms with Crippen LogP contribution < -0.4 is 4.90 Å². The second-order valence-electron chi connectivity index (χ2n) is 4.60. The molecule has 0 fully saturated rings. The Bertz CT molecular complexity index is 539. The molecule has 1 radical (unpaired) electrons. The van der Waals surface area contributed by atoms with Crippen LogP contribution in [0.2, 0.25) is 5.02 Å². The van der Waals surface area contributed by atoms with Gasteiger partial charge in [-0.05, 0) is 44.0 Å². The first-order valence-electron chi connectivity index (χ1n) is 6.18. The van der Waals surface area contributed by atoms with Gasteiger partial charge in [0.05, 0.1) is 5.52 Å². The molecule has 2 nitrogen and oxygen atoms in total. The van der Waals surface area contributed by atoms with Gasteiger partial charge >= 0.3 is 0 Å². The van der Waals surface area contributed by atoms with E-state index in [0.29, 0.717) is 6.04 Å². The summed E-state index contributed by atoms with van der Waals surface area (Å²) in [6, 6.07) is 8.39. The van der Waals surface area contributed by atoms with Crippen molar-refractivity contribution in [1.82, 2.24) is 4.98 Å². The van der Waals surface area contributed by atoms with Crippen molar-refractivity contribution < 1.29 is 0 Å². The fourth-order valence-corrected chi connectivity index (χ4v) is 2.32. The first-order valence-corrected chi connectivity index (χ1v) is 6.56. The normalized spacial score (nSPS) is 12.7. The van der Waals surface area contributed by atoms with Gasteiger partial charge in [-0.1, -0.05) is 18.5 Å². The van der Waals surface area contributed by atoms with E-state index in [-0.39, 0.29) is 0 Å². The maximum Gasteiger partial charge on any atom is 0.0737 e. The molecule has 0 saturated heterocycles. The largest absolute Gasteiger partial charge is 0.371 e. The fourth-order valence-electron chi connectivity index (χ4n) is 2.15. The molecular weight excluding hydrogens is 244 g/mol. The third-order valence-electron chi connectivity index (χ3n) is 3.30. The number of nitrogens with zero attached hydrogens (tertiary/aromatic N) is 2. The quantitative estimate of drug-likeness (QED) is 0.815. The highest BCUT2D eigenvalue weighted by Crippen LogP contribution is 2.28. The second-order valence-corrected chi connectivity index (χ2v) is 5.03. The molecule has 95 valence electrons. The molecule has 0 aliphatic rings. The first kappa shape index (κ1) is 13.2. The monoisotopic (exact) mass is 261 g/mol.